The van der Waals surface area contributed by atoms with Gasteiger partial charge in [-0.2, -0.15) is 0 Å². The molecular formula is C66H44N2O. The van der Waals surface area contributed by atoms with Crippen LogP contribution in [0.15, 0.2) is 271 Å². The molecule has 2 aromatic heterocycles. The Balaban J connectivity index is 0.834. The molecule has 0 radical (unpaired) electrons. The number of hydrogen-bond donors (Lipinski definition) is 0. The SMILES string of the molecule is c1ccc(-c2ccc(-c3ccc(N(c4ccc(-c5ccc(-c6ccccc6-n6c7ccccc7c7ccccc76)cc5)cc4)c4ccc(-c5cccc6c5oc5ccccc56)cc4)cc3)cc2)cc1. The van der Waals surface area contributed by atoms with E-state index < -0.39 is 0 Å². The lowest BCUT2D eigenvalue weighted by atomic mass is 9.98. The van der Waals surface area contributed by atoms with E-state index in [-0.39, 0.29) is 0 Å². The van der Waals surface area contributed by atoms with Crippen molar-refractivity contribution in [3.05, 3.63) is 267 Å². The first kappa shape index (κ1) is 40.1. The summed E-state index contributed by atoms with van der Waals surface area (Å²) in [6.07, 6.45) is 0. The maximum absolute atomic E-state index is 6.44. The van der Waals surface area contributed by atoms with Crippen molar-refractivity contribution in [1.29, 1.82) is 0 Å². The molecule has 0 saturated carbocycles. The number of benzene rings is 11. The smallest absolute Gasteiger partial charge is 0.143 e. The van der Waals surface area contributed by atoms with E-state index >= 15 is 0 Å². The minimum atomic E-state index is 0.901. The van der Waals surface area contributed by atoms with Crippen LogP contribution in [0.4, 0.5) is 17.1 Å². The van der Waals surface area contributed by atoms with E-state index in [0.717, 1.165) is 61.3 Å². The molecule has 0 bridgehead atoms. The van der Waals surface area contributed by atoms with E-state index in [1.165, 1.54) is 60.9 Å². The van der Waals surface area contributed by atoms with Gasteiger partial charge in [0.15, 0.2) is 0 Å². The second kappa shape index (κ2) is 16.9. The van der Waals surface area contributed by atoms with Crippen LogP contribution in [0.25, 0.3) is 105 Å². The Morgan fingerprint density at radius 1 is 0.261 bits per heavy atom. The second-order valence-electron chi connectivity index (χ2n) is 17.7. The van der Waals surface area contributed by atoms with Crippen LogP contribution in [0.3, 0.4) is 0 Å². The number of nitrogens with zero attached hydrogens (tertiary/aromatic N) is 2. The molecule has 0 aliphatic heterocycles. The molecule has 0 fully saturated rings. The van der Waals surface area contributed by atoms with Gasteiger partial charge in [0.25, 0.3) is 0 Å². The van der Waals surface area contributed by atoms with Gasteiger partial charge in [-0.05, 0) is 105 Å². The molecule has 0 saturated heterocycles. The second-order valence-corrected chi connectivity index (χ2v) is 17.7. The Kier molecular flexibility index (Phi) is 9.84. The summed E-state index contributed by atoms with van der Waals surface area (Å²) >= 11 is 0. The maximum Gasteiger partial charge on any atom is 0.143 e. The quantitative estimate of drug-likeness (QED) is 0.144. The van der Waals surface area contributed by atoms with E-state index in [0.29, 0.717) is 0 Å². The van der Waals surface area contributed by atoms with Gasteiger partial charge >= 0.3 is 0 Å². The average Bonchev–Trinajstić information content (AvgIpc) is 3.98. The molecule has 0 atom stereocenters. The summed E-state index contributed by atoms with van der Waals surface area (Å²) in [6.45, 7) is 0. The predicted molar refractivity (Wildman–Crippen MR) is 290 cm³/mol. The third-order valence-electron chi connectivity index (χ3n) is 13.7. The first-order chi connectivity index (χ1) is 34.2. The highest BCUT2D eigenvalue weighted by Gasteiger charge is 2.18. The molecule has 2 heterocycles. The molecule has 0 aliphatic carbocycles. The molecule has 11 aromatic carbocycles. The van der Waals surface area contributed by atoms with Crippen molar-refractivity contribution in [2.75, 3.05) is 4.90 Å². The monoisotopic (exact) mass is 880 g/mol. The van der Waals surface area contributed by atoms with Crippen LogP contribution in [-0.2, 0) is 0 Å². The Hall–Kier alpha value is -9.18. The highest BCUT2D eigenvalue weighted by Crippen LogP contribution is 2.41. The first-order valence-electron chi connectivity index (χ1n) is 23.6. The third-order valence-corrected chi connectivity index (χ3v) is 13.7. The molecule has 0 spiro atoms. The third kappa shape index (κ3) is 7.16. The van der Waals surface area contributed by atoms with Crippen molar-refractivity contribution < 1.29 is 4.42 Å². The molecule has 69 heavy (non-hydrogen) atoms. The van der Waals surface area contributed by atoms with Crippen LogP contribution in [0.2, 0.25) is 0 Å². The molecule has 3 heteroatoms. The highest BCUT2D eigenvalue weighted by molar-refractivity contribution is 6.10. The van der Waals surface area contributed by atoms with Gasteiger partial charge in [-0.25, -0.2) is 0 Å². The minimum Gasteiger partial charge on any atom is -0.455 e. The fourth-order valence-corrected chi connectivity index (χ4v) is 10.2. The zero-order valence-electron chi connectivity index (χ0n) is 37.7. The van der Waals surface area contributed by atoms with E-state index in [1.54, 1.807) is 0 Å². The van der Waals surface area contributed by atoms with Gasteiger partial charge < -0.3 is 13.9 Å². The van der Waals surface area contributed by atoms with Crippen molar-refractivity contribution in [2.24, 2.45) is 0 Å². The van der Waals surface area contributed by atoms with Crippen molar-refractivity contribution in [1.82, 2.24) is 4.57 Å². The Labute approximate surface area is 401 Å². The number of furan rings is 1. The van der Waals surface area contributed by atoms with Crippen LogP contribution in [0, 0.1) is 0 Å². The normalized spacial score (nSPS) is 11.5. The first-order valence-corrected chi connectivity index (χ1v) is 23.6. The van der Waals surface area contributed by atoms with Crippen LogP contribution in [0.1, 0.15) is 0 Å². The zero-order valence-corrected chi connectivity index (χ0v) is 37.7. The number of anilines is 3. The van der Waals surface area contributed by atoms with Crippen LogP contribution >= 0.6 is 0 Å². The van der Waals surface area contributed by atoms with Gasteiger partial charge in [-0.3, -0.25) is 0 Å². The maximum atomic E-state index is 6.44. The van der Waals surface area contributed by atoms with Gasteiger partial charge in [-0.15, -0.1) is 0 Å². The Morgan fingerprint density at radius 3 is 1.20 bits per heavy atom. The zero-order chi connectivity index (χ0) is 45.7. The summed E-state index contributed by atoms with van der Waals surface area (Å²) in [7, 11) is 0. The number of aromatic nitrogens is 1. The van der Waals surface area contributed by atoms with E-state index in [2.05, 4.69) is 264 Å². The van der Waals surface area contributed by atoms with Crippen molar-refractivity contribution in [3.63, 3.8) is 0 Å². The molecular weight excluding hydrogens is 837 g/mol. The van der Waals surface area contributed by atoms with Crippen molar-refractivity contribution >= 4 is 60.8 Å². The fourth-order valence-electron chi connectivity index (χ4n) is 10.2. The molecule has 13 aromatic rings. The number of hydrogen-bond acceptors (Lipinski definition) is 2. The standard InChI is InChI=1S/C66H44N2O/c1-2-13-45(14-3-1)46-25-27-47(28-26-46)49-33-39-53(40-34-49)67(55-43-37-52(38-44-55)57-19-12-20-61-60-18-7-11-24-65(60)69-66(57)61)54-41-35-50(36-42-54)48-29-31-51(32-30-48)56-15-4-8-21-62(56)68-63-22-9-5-16-58(63)59-17-6-10-23-64(59)68/h1-44H. The number of para-hydroxylation sites is 5. The molecule has 13 rings (SSSR count). The van der Waals surface area contributed by atoms with Crippen molar-refractivity contribution in [2.45, 2.75) is 0 Å². The molecule has 3 nitrogen and oxygen atoms in total. The molecule has 324 valence electrons. The van der Waals surface area contributed by atoms with Gasteiger partial charge in [-0.1, -0.05) is 206 Å². The highest BCUT2D eigenvalue weighted by atomic mass is 16.3. The molecule has 0 amide bonds. The average molecular weight is 881 g/mol. The topological polar surface area (TPSA) is 21.3 Å². The van der Waals surface area contributed by atoms with Crippen LogP contribution < -0.4 is 4.90 Å². The number of fused-ring (bicyclic) bond motifs is 6. The molecule has 0 unspecified atom stereocenters. The van der Waals surface area contributed by atoms with Crippen molar-refractivity contribution in [3.8, 4) is 61.3 Å². The van der Waals surface area contributed by atoms with Crippen LogP contribution in [0.5, 0.6) is 0 Å². The summed E-state index contributed by atoms with van der Waals surface area (Å²) in [5.74, 6) is 0. The van der Waals surface area contributed by atoms with E-state index in [4.69, 9.17) is 4.42 Å². The predicted octanol–water partition coefficient (Wildman–Crippen LogP) is 18.5. The Bertz CT molecular complexity index is 3910. The lowest BCUT2D eigenvalue weighted by Crippen LogP contribution is -2.09. The summed E-state index contributed by atoms with van der Waals surface area (Å²) in [5, 5.41) is 4.78. The van der Waals surface area contributed by atoms with Gasteiger partial charge in [0.2, 0.25) is 0 Å². The fraction of sp³-hybridized carbons (Fsp3) is 0. The lowest BCUT2D eigenvalue weighted by Gasteiger charge is -2.26. The summed E-state index contributed by atoms with van der Waals surface area (Å²) < 4.78 is 8.85. The lowest BCUT2D eigenvalue weighted by molar-refractivity contribution is 0.670. The van der Waals surface area contributed by atoms with E-state index in [9.17, 15) is 0 Å². The van der Waals surface area contributed by atoms with Gasteiger partial charge in [0.1, 0.15) is 11.2 Å². The number of rotatable bonds is 9. The van der Waals surface area contributed by atoms with Crippen LogP contribution in [-0.4, -0.2) is 4.57 Å². The largest absolute Gasteiger partial charge is 0.455 e. The van der Waals surface area contributed by atoms with Gasteiger partial charge in [0.05, 0.1) is 16.7 Å². The summed E-state index contributed by atoms with van der Waals surface area (Å²) in [4.78, 5) is 2.34. The molecule has 0 N–H and O–H groups in total. The van der Waals surface area contributed by atoms with E-state index in [1.807, 2.05) is 12.1 Å². The van der Waals surface area contributed by atoms with Gasteiger partial charge in [0, 0.05) is 49.7 Å². The Morgan fingerprint density at radius 2 is 0.638 bits per heavy atom. The molecule has 0 aliphatic rings. The summed E-state index contributed by atoms with van der Waals surface area (Å²) in [6, 6.07) is 95.9. The summed E-state index contributed by atoms with van der Waals surface area (Å²) in [5.41, 5.74) is 20.3. The minimum absolute atomic E-state index is 0.901.